The fourth-order valence-corrected chi connectivity index (χ4v) is 1.92. The molecule has 2 N–H and O–H groups in total. The number of aromatic nitrogens is 2. The molecule has 0 aliphatic heterocycles. The van der Waals surface area contributed by atoms with Crippen LogP contribution in [-0.4, -0.2) is 27.3 Å². The normalized spacial score (nSPS) is 11.4. The molecule has 10 heteroatoms. The van der Waals surface area contributed by atoms with Crippen LogP contribution in [0.2, 0.25) is 0 Å². The van der Waals surface area contributed by atoms with Gasteiger partial charge in [0.15, 0.2) is 0 Å². The number of nitriles is 1. The summed E-state index contributed by atoms with van der Waals surface area (Å²) in [5.74, 6) is -1.52. The van der Waals surface area contributed by atoms with E-state index >= 15 is 0 Å². The summed E-state index contributed by atoms with van der Waals surface area (Å²) >= 11 is 0. The zero-order valence-electron chi connectivity index (χ0n) is 14.3. The lowest BCUT2D eigenvalue weighted by Gasteiger charge is -2.17. The summed E-state index contributed by atoms with van der Waals surface area (Å²) in [6, 6.07) is 7.44. The number of pyridine rings is 2. The van der Waals surface area contributed by atoms with Crippen molar-refractivity contribution in [2.45, 2.75) is 25.6 Å². The highest BCUT2D eigenvalue weighted by atomic mass is 19.4. The van der Waals surface area contributed by atoms with E-state index in [0.717, 1.165) is 18.2 Å². The molecule has 0 unspecified atom stereocenters. The first kappa shape index (κ1) is 19.8. The third-order valence-corrected chi connectivity index (χ3v) is 3.23. The SMILES string of the molecule is CC(C)(C#N)NC(=O)c1cc(NC(=O)c2cccc(C(F)(F)F)n2)ccn1. The maximum absolute atomic E-state index is 12.7. The molecule has 0 aliphatic carbocycles. The topological polar surface area (TPSA) is 108 Å². The molecule has 2 aromatic rings. The second-order valence-corrected chi connectivity index (χ2v) is 5.98. The first-order valence-electron chi connectivity index (χ1n) is 7.57. The zero-order valence-corrected chi connectivity index (χ0v) is 14.3. The first-order chi connectivity index (χ1) is 12.5. The van der Waals surface area contributed by atoms with Crippen molar-refractivity contribution in [3.63, 3.8) is 0 Å². The van der Waals surface area contributed by atoms with Gasteiger partial charge < -0.3 is 10.6 Å². The monoisotopic (exact) mass is 377 g/mol. The van der Waals surface area contributed by atoms with E-state index in [2.05, 4.69) is 20.6 Å². The molecule has 0 radical (unpaired) electrons. The molecule has 2 rings (SSSR count). The van der Waals surface area contributed by atoms with Gasteiger partial charge in [-0.05, 0) is 38.1 Å². The average molecular weight is 377 g/mol. The summed E-state index contributed by atoms with van der Waals surface area (Å²) in [6.45, 7) is 2.99. The minimum absolute atomic E-state index is 0.0758. The Balaban J connectivity index is 2.18. The molecule has 0 spiro atoms. The van der Waals surface area contributed by atoms with Crippen LogP contribution in [0.15, 0.2) is 36.5 Å². The molecule has 2 aromatic heterocycles. The third kappa shape index (κ3) is 5.24. The summed E-state index contributed by atoms with van der Waals surface area (Å²) in [7, 11) is 0. The van der Waals surface area contributed by atoms with Gasteiger partial charge in [0.25, 0.3) is 11.8 Å². The molecular formula is C17H14F3N5O2. The molecule has 27 heavy (non-hydrogen) atoms. The quantitative estimate of drug-likeness (QED) is 0.852. The van der Waals surface area contributed by atoms with E-state index < -0.39 is 34.9 Å². The molecule has 140 valence electrons. The predicted octanol–water partition coefficient (Wildman–Crippen LogP) is 2.78. The Morgan fingerprint density at radius 1 is 1.11 bits per heavy atom. The number of halogens is 3. The lowest BCUT2D eigenvalue weighted by Crippen LogP contribution is -2.42. The van der Waals surface area contributed by atoms with Crippen LogP contribution in [0.1, 0.15) is 40.5 Å². The van der Waals surface area contributed by atoms with Gasteiger partial charge in [0.1, 0.15) is 22.6 Å². The lowest BCUT2D eigenvalue weighted by atomic mass is 10.1. The molecule has 0 atom stereocenters. The molecule has 2 heterocycles. The molecule has 0 saturated carbocycles. The van der Waals surface area contributed by atoms with Gasteiger partial charge in [-0.25, -0.2) is 4.98 Å². The highest BCUT2D eigenvalue weighted by Gasteiger charge is 2.33. The Morgan fingerprint density at radius 3 is 2.44 bits per heavy atom. The standard InChI is InChI=1S/C17H14F3N5O2/c1-16(2,9-21)25-15(27)12-8-10(6-7-22-12)23-14(26)11-4-3-5-13(24-11)17(18,19)20/h3-8H,1-2H3,(H,25,27)(H,22,23,26). The van der Waals surface area contributed by atoms with Crippen LogP contribution in [0.3, 0.4) is 0 Å². The van der Waals surface area contributed by atoms with Crippen LogP contribution in [0, 0.1) is 11.3 Å². The van der Waals surface area contributed by atoms with Crippen LogP contribution in [0.4, 0.5) is 18.9 Å². The fourth-order valence-electron chi connectivity index (χ4n) is 1.92. The van der Waals surface area contributed by atoms with Gasteiger partial charge in [-0.3, -0.25) is 14.6 Å². The number of carbonyl (C=O) groups excluding carboxylic acids is 2. The van der Waals surface area contributed by atoms with Crippen molar-refractivity contribution in [2.24, 2.45) is 0 Å². The second kappa shape index (κ2) is 7.41. The van der Waals surface area contributed by atoms with Gasteiger partial charge in [-0.1, -0.05) is 6.07 Å². The Morgan fingerprint density at radius 2 is 1.81 bits per heavy atom. The molecule has 0 saturated heterocycles. The van der Waals surface area contributed by atoms with E-state index in [9.17, 15) is 22.8 Å². The molecule has 0 bridgehead atoms. The van der Waals surface area contributed by atoms with Crippen molar-refractivity contribution in [2.75, 3.05) is 5.32 Å². The Bertz CT molecular complexity index is 919. The Kier molecular flexibility index (Phi) is 5.44. The largest absolute Gasteiger partial charge is 0.433 e. The number of hydrogen-bond donors (Lipinski definition) is 2. The Labute approximate surface area is 152 Å². The molecule has 7 nitrogen and oxygen atoms in total. The van der Waals surface area contributed by atoms with Gasteiger partial charge in [0, 0.05) is 11.9 Å². The highest BCUT2D eigenvalue weighted by Crippen LogP contribution is 2.27. The average Bonchev–Trinajstić information content (AvgIpc) is 2.61. The van der Waals surface area contributed by atoms with E-state index in [-0.39, 0.29) is 11.4 Å². The molecule has 2 amide bonds. The van der Waals surface area contributed by atoms with Crippen molar-refractivity contribution in [1.29, 1.82) is 5.26 Å². The van der Waals surface area contributed by atoms with Crippen LogP contribution < -0.4 is 10.6 Å². The van der Waals surface area contributed by atoms with Gasteiger partial charge >= 0.3 is 6.18 Å². The number of nitrogens with zero attached hydrogens (tertiary/aromatic N) is 3. The van der Waals surface area contributed by atoms with Crippen molar-refractivity contribution in [3.8, 4) is 6.07 Å². The van der Waals surface area contributed by atoms with Gasteiger partial charge in [-0.15, -0.1) is 0 Å². The van der Waals surface area contributed by atoms with E-state index in [1.807, 2.05) is 6.07 Å². The van der Waals surface area contributed by atoms with Crippen LogP contribution >= 0.6 is 0 Å². The smallest absolute Gasteiger partial charge is 0.333 e. The maximum Gasteiger partial charge on any atom is 0.433 e. The van der Waals surface area contributed by atoms with E-state index in [1.165, 1.54) is 32.2 Å². The van der Waals surface area contributed by atoms with E-state index in [1.54, 1.807) is 0 Å². The van der Waals surface area contributed by atoms with E-state index in [4.69, 9.17) is 5.26 Å². The highest BCUT2D eigenvalue weighted by molar-refractivity contribution is 6.03. The predicted molar refractivity (Wildman–Crippen MR) is 88.6 cm³/mol. The number of anilines is 1. The zero-order chi connectivity index (χ0) is 20.2. The summed E-state index contributed by atoms with van der Waals surface area (Å²) in [4.78, 5) is 31.4. The van der Waals surface area contributed by atoms with E-state index in [0.29, 0.717) is 0 Å². The molecule has 0 aromatic carbocycles. The van der Waals surface area contributed by atoms with Crippen LogP contribution in [0.5, 0.6) is 0 Å². The molecule has 0 aliphatic rings. The number of alkyl halides is 3. The first-order valence-corrected chi connectivity index (χ1v) is 7.57. The van der Waals surface area contributed by atoms with Crippen molar-refractivity contribution < 1.29 is 22.8 Å². The summed E-state index contributed by atoms with van der Waals surface area (Å²) in [6.07, 6.45) is -3.44. The number of carbonyl (C=O) groups is 2. The third-order valence-electron chi connectivity index (χ3n) is 3.23. The molecule has 0 fully saturated rings. The van der Waals surface area contributed by atoms with Crippen LogP contribution in [0.25, 0.3) is 0 Å². The van der Waals surface area contributed by atoms with Crippen molar-refractivity contribution >= 4 is 17.5 Å². The minimum atomic E-state index is -4.67. The summed E-state index contributed by atoms with van der Waals surface area (Å²) in [5, 5.41) is 13.7. The van der Waals surface area contributed by atoms with Gasteiger partial charge in [0.2, 0.25) is 0 Å². The summed E-state index contributed by atoms with van der Waals surface area (Å²) in [5.41, 5.74) is -2.69. The maximum atomic E-state index is 12.7. The van der Waals surface area contributed by atoms with Crippen molar-refractivity contribution in [3.05, 3.63) is 53.6 Å². The number of hydrogen-bond acceptors (Lipinski definition) is 5. The number of rotatable bonds is 4. The fraction of sp³-hybridized carbons (Fsp3) is 0.235. The summed E-state index contributed by atoms with van der Waals surface area (Å²) < 4.78 is 38.1. The minimum Gasteiger partial charge on any atom is -0.333 e. The lowest BCUT2D eigenvalue weighted by molar-refractivity contribution is -0.141. The van der Waals surface area contributed by atoms with Gasteiger partial charge in [0.05, 0.1) is 6.07 Å². The Hall–Kier alpha value is -3.48. The van der Waals surface area contributed by atoms with Gasteiger partial charge in [-0.2, -0.15) is 18.4 Å². The second-order valence-electron chi connectivity index (χ2n) is 5.98. The number of nitrogens with one attached hydrogen (secondary N) is 2. The van der Waals surface area contributed by atoms with Crippen LogP contribution in [-0.2, 0) is 6.18 Å². The molecular weight excluding hydrogens is 363 g/mol. The van der Waals surface area contributed by atoms with Crippen molar-refractivity contribution in [1.82, 2.24) is 15.3 Å². The number of amides is 2.